The largest absolute Gasteiger partial charge is 0.313 e. The summed E-state index contributed by atoms with van der Waals surface area (Å²) < 4.78 is 26.3. The van der Waals surface area contributed by atoms with Gasteiger partial charge in [-0.15, -0.1) is 0 Å². The highest BCUT2D eigenvalue weighted by atomic mass is 32.1. The minimum atomic E-state index is -0.539. The van der Waals surface area contributed by atoms with Gasteiger partial charge in [-0.1, -0.05) is 6.07 Å². The summed E-state index contributed by atoms with van der Waals surface area (Å²) in [4.78, 5) is 0. The number of rotatable bonds is 4. The molecule has 0 radical (unpaired) electrons. The fourth-order valence-electron chi connectivity index (χ4n) is 1.77. The van der Waals surface area contributed by atoms with Gasteiger partial charge in [0.15, 0.2) is 0 Å². The summed E-state index contributed by atoms with van der Waals surface area (Å²) >= 11 is 1.61. The van der Waals surface area contributed by atoms with Gasteiger partial charge in [-0.05, 0) is 47.5 Å². The van der Waals surface area contributed by atoms with Crippen molar-refractivity contribution >= 4 is 11.3 Å². The Balaban J connectivity index is 2.19. The number of thiophene rings is 1. The zero-order chi connectivity index (χ0) is 12.3. The molecule has 1 heterocycles. The van der Waals surface area contributed by atoms with Crippen molar-refractivity contribution in [1.29, 1.82) is 0 Å². The zero-order valence-electron chi connectivity index (χ0n) is 9.41. The van der Waals surface area contributed by atoms with Crippen molar-refractivity contribution in [2.75, 3.05) is 7.05 Å². The minimum absolute atomic E-state index is 0.0567. The van der Waals surface area contributed by atoms with E-state index in [1.807, 2.05) is 23.9 Å². The second-order valence-electron chi connectivity index (χ2n) is 3.84. The molecule has 0 aliphatic heterocycles. The molecule has 1 unspecified atom stereocenters. The van der Waals surface area contributed by atoms with Crippen LogP contribution in [0.1, 0.15) is 17.2 Å². The third kappa shape index (κ3) is 2.90. The SMILES string of the molecule is CNC(Cc1ccc(F)cc1F)c1ccsc1. The number of hydrogen-bond donors (Lipinski definition) is 1. The molecule has 0 fully saturated rings. The maximum atomic E-state index is 13.5. The van der Waals surface area contributed by atoms with Gasteiger partial charge in [-0.2, -0.15) is 11.3 Å². The second-order valence-corrected chi connectivity index (χ2v) is 4.62. The summed E-state index contributed by atoms with van der Waals surface area (Å²) in [5.41, 5.74) is 1.65. The lowest BCUT2D eigenvalue weighted by molar-refractivity contribution is 0.541. The second kappa shape index (κ2) is 5.38. The van der Waals surface area contributed by atoms with Crippen molar-refractivity contribution in [1.82, 2.24) is 5.32 Å². The molecule has 0 aliphatic carbocycles. The van der Waals surface area contributed by atoms with E-state index < -0.39 is 11.6 Å². The van der Waals surface area contributed by atoms with E-state index in [-0.39, 0.29) is 6.04 Å². The molecule has 4 heteroatoms. The summed E-state index contributed by atoms with van der Waals surface area (Å²) in [6, 6.07) is 5.78. The van der Waals surface area contributed by atoms with Crippen molar-refractivity contribution in [2.45, 2.75) is 12.5 Å². The Morgan fingerprint density at radius 2 is 2.12 bits per heavy atom. The molecular weight excluding hydrogens is 240 g/mol. The van der Waals surface area contributed by atoms with Crippen molar-refractivity contribution in [3.05, 3.63) is 57.8 Å². The average molecular weight is 253 g/mol. The Labute approximate surface area is 103 Å². The van der Waals surface area contributed by atoms with Gasteiger partial charge in [-0.25, -0.2) is 8.78 Å². The van der Waals surface area contributed by atoms with E-state index >= 15 is 0 Å². The summed E-state index contributed by atoms with van der Waals surface area (Å²) in [6.07, 6.45) is 0.513. The van der Waals surface area contributed by atoms with E-state index in [1.165, 1.54) is 12.1 Å². The highest BCUT2D eigenvalue weighted by molar-refractivity contribution is 7.07. The number of halogens is 2. The van der Waals surface area contributed by atoms with Crippen LogP contribution in [-0.4, -0.2) is 7.05 Å². The van der Waals surface area contributed by atoms with Crippen molar-refractivity contribution in [3.63, 3.8) is 0 Å². The molecule has 0 saturated heterocycles. The van der Waals surface area contributed by atoms with E-state index in [4.69, 9.17) is 0 Å². The van der Waals surface area contributed by atoms with Crippen LogP contribution in [0.4, 0.5) is 8.78 Å². The van der Waals surface area contributed by atoms with E-state index in [1.54, 1.807) is 11.3 Å². The Morgan fingerprint density at radius 1 is 1.29 bits per heavy atom. The predicted octanol–water partition coefficient (Wildman–Crippen LogP) is 3.53. The van der Waals surface area contributed by atoms with Crippen molar-refractivity contribution in [3.8, 4) is 0 Å². The monoisotopic (exact) mass is 253 g/mol. The topological polar surface area (TPSA) is 12.0 Å². The van der Waals surface area contributed by atoms with Gasteiger partial charge in [0.2, 0.25) is 0 Å². The molecule has 0 saturated carbocycles. The van der Waals surface area contributed by atoms with E-state index in [0.29, 0.717) is 12.0 Å². The Morgan fingerprint density at radius 3 is 2.71 bits per heavy atom. The fraction of sp³-hybridized carbons (Fsp3) is 0.231. The van der Waals surface area contributed by atoms with Crippen LogP contribution in [0, 0.1) is 11.6 Å². The van der Waals surface area contributed by atoms with E-state index in [0.717, 1.165) is 11.6 Å². The van der Waals surface area contributed by atoms with Gasteiger partial charge in [-0.3, -0.25) is 0 Å². The molecule has 1 aromatic carbocycles. The standard InChI is InChI=1S/C13H13F2NS/c1-16-13(10-4-5-17-8-10)6-9-2-3-11(14)7-12(9)15/h2-5,7-8,13,16H,6H2,1H3. The summed E-state index contributed by atoms with van der Waals surface area (Å²) in [6.45, 7) is 0. The smallest absolute Gasteiger partial charge is 0.129 e. The van der Waals surface area contributed by atoms with Gasteiger partial charge in [0.05, 0.1) is 0 Å². The van der Waals surface area contributed by atoms with Crippen molar-refractivity contribution < 1.29 is 8.78 Å². The first-order valence-electron chi connectivity index (χ1n) is 5.34. The highest BCUT2D eigenvalue weighted by Gasteiger charge is 2.13. The van der Waals surface area contributed by atoms with Crippen LogP contribution in [0.3, 0.4) is 0 Å². The van der Waals surface area contributed by atoms with Crippen LogP contribution in [0.5, 0.6) is 0 Å². The predicted molar refractivity (Wildman–Crippen MR) is 66.2 cm³/mol. The number of nitrogens with one attached hydrogen (secondary N) is 1. The number of hydrogen-bond acceptors (Lipinski definition) is 2. The molecule has 0 aliphatic rings. The molecule has 2 rings (SSSR count). The Kier molecular flexibility index (Phi) is 3.86. The van der Waals surface area contributed by atoms with Crippen LogP contribution in [0.25, 0.3) is 0 Å². The molecule has 0 spiro atoms. The lowest BCUT2D eigenvalue weighted by atomic mass is 10.0. The molecule has 90 valence electrons. The maximum absolute atomic E-state index is 13.5. The van der Waals surface area contributed by atoms with Crippen LogP contribution in [0.2, 0.25) is 0 Å². The lowest BCUT2D eigenvalue weighted by Gasteiger charge is -2.15. The van der Waals surface area contributed by atoms with Crippen LogP contribution >= 0.6 is 11.3 Å². The Hall–Kier alpha value is -1.26. The molecule has 1 nitrogen and oxygen atoms in total. The summed E-state index contributed by atoms with van der Waals surface area (Å²) in [5, 5.41) is 7.16. The normalized spacial score (nSPS) is 12.6. The van der Waals surface area contributed by atoms with Crippen LogP contribution in [-0.2, 0) is 6.42 Å². The first kappa shape index (κ1) is 12.2. The fourth-order valence-corrected chi connectivity index (χ4v) is 2.48. The molecular formula is C13H13F2NS. The minimum Gasteiger partial charge on any atom is -0.313 e. The van der Waals surface area contributed by atoms with Gasteiger partial charge in [0.1, 0.15) is 11.6 Å². The van der Waals surface area contributed by atoms with Crippen LogP contribution < -0.4 is 5.32 Å². The Bertz CT molecular complexity index is 482. The van der Waals surface area contributed by atoms with Crippen LogP contribution in [0.15, 0.2) is 35.0 Å². The lowest BCUT2D eigenvalue weighted by Crippen LogP contribution is -2.18. The van der Waals surface area contributed by atoms with Gasteiger partial charge < -0.3 is 5.32 Å². The van der Waals surface area contributed by atoms with E-state index in [2.05, 4.69) is 5.32 Å². The summed E-state index contributed by atoms with van der Waals surface area (Å²) in [7, 11) is 1.84. The highest BCUT2D eigenvalue weighted by Crippen LogP contribution is 2.22. The van der Waals surface area contributed by atoms with Gasteiger partial charge >= 0.3 is 0 Å². The molecule has 2 aromatic rings. The molecule has 0 bridgehead atoms. The average Bonchev–Trinajstić information content (AvgIpc) is 2.81. The summed E-state index contributed by atoms with van der Waals surface area (Å²) in [5.74, 6) is -1.02. The van der Waals surface area contributed by atoms with Gasteiger partial charge in [0.25, 0.3) is 0 Å². The number of likely N-dealkylation sites (N-methyl/N-ethyl adjacent to an activating group) is 1. The maximum Gasteiger partial charge on any atom is 0.129 e. The third-order valence-corrected chi connectivity index (χ3v) is 3.43. The van der Waals surface area contributed by atoms with Crippen molar-refractivity contribution in [2.24, 2.45) is 0 Å². The quantitative estimate of drug-likeness (QED) is 0.879. The van der Waals surface area contributed by atoms with E-state index in [9.17, 15) is 8.78 Å². The molecule has 1 aromatic heterocycles. The zero-order valence-corrected chi connectivity index (χ0v) is 10.2. The van der Waals surface area contributed by atoms with Gasteiger partial charge in [0, 0.05) is 12.1 Å². The molecule has 1 N–H and O–H groups in total. The number of benzene rings is 1. The first-order chi connectivity index (χ1) is 8.20. The first-order valence-corrected chi connectivity index (χ1v) is 6.28. The molecule has 0 amide bonds. The third-order valence-electron chi connectivity index (χ3n) is 2.73. The molecule has 1 atom stereocenters. The molecule has 17 heavy (non-hydrogen) atoms.